The number of aromatic nitrogens is 4. The summed E-state index contributed by atoms with van der Waals surface area (Å²) in [6.45, 7) is 1.32. The van der Waals surface area contributed by atoms with Crippen molar-refractivity contribution in [1.82, 2.24) is 19.9 Å². The van der Waals surface area contributed by atoms with Crippen LogP contribution in [0.1, 0.15) is 41.9 Å². The second-order valence-corrected chi connectivity index (χ2v) is 7.62. The van der Waals surface area contributed by atoms with E-state index in [4.69, 9.17) is 4.74 Å². The van der Waals surface area contributed by atoms with Gasteiger partial charge in [-0.3, -0.25) is 4.79 Å². The molecule has 2 heterocycles. The van der Waals surface area contributed by atoms with Crippen molar-refractivity contribution >= 4 is 15.6 Å². The van der Waals surface area contributed by atoms with Gasteiger partial charge in [0.2, 0.25) is 5.88 Å². The minimum Gasteiger partial charge on any atom is -0.480 e. The molecule has 0 aromatic carbocycles. The second-order valence-electron chi connectivity index (χ2n) is 5.66. The smallest absolute Gasteiger partial charge is 0.227 e. The average Bonchev–Trinajstić information content (AvgIpc) is 3.37. The van der Waals surface area contributed by atoms with Gasteiger partial charge in [0.15, 0.2) is 26.5 Å². The monoisotopic (exact) mass is 348 g/mol. The molecule has 2 aromatic rings. The van der Waals surface area contributed by atoms with Crippen molar-refractivity contribution in [3.05, 3.63) is 23.8 Å². The number of nitrogens with zero attached hydrogens (tertiary/aromatic N) is 4. The Kier molecular flexibility index (Phi) is 4.04. The van der Waals surface area contributed by atoms with Crippen LogP contribution in [0.25, 0.3) is 11.4 Å². The Morgan fingerprint density at radius 1 is 1.25 bits per heavy atom. The van der Waals surface area contributed by atoms with Crippen LogP contribution in [0, 0.1) is 0 Å². The number of carbonyl (C=O) groups excluding carboxylic acids is 1. The summed E-state index contributed by atoms with van der Waals surface area (Å²) in [7, 11) is -2.16. The first-order valence-electron chi connectivity index (χ1n) is 7.30. The van der Waals surface area contributed by atoms with Crippen molar-refractivity contribution in [2.45, 2.75) is 30.7 Å². The number of hydrogen-bond donors (Lipinski definition) is 0. The highest BCUT2D eigenvalue weighted by Crippen LogP contribution is 2.44. The molecule has 0 N–H and O–H groups in total. The van der Waals surface area contributed by atoms with Crippen LogP contribution < -0.4 is 4.74 Å². The van der Waals surface area contributed by atoms with E-state index in [0.29, 0.717) is 11.3 Å². The summed E-state index contributed by atoms with van der Waals surface area (Å²) in [6.07, 6.45) is 4.36. The molecular formula is C15H16N4O4S. The number of ketones is 1. The predicted molar refractivity (Wildman–Crippen MR) is 84.7 cm³/mol. The Labute approximate surface area is 139 Å². The van der Waals surface area contributed by atoms with E-state index in [0.717, 1.165) is 19.1 Å². The number of sulfone groups is 1. The van der Waals surface area contributed by atoms with Crippen molar-refractivity contribution in [3.63, 3.8) is 0 Å². The van der Waals surface area contributed by atoms with Crippen LogP contribution in [-0.4, -0.2) is 47.5 Å². The van der Waals surface area contributed by atoms with Crippen LogP contribution in [0.4, 0.5) is 0 Å². The van der Waals surface area contributed by atoms with Gasteiger partial charge in [-0.15, -0.1) is 0 Å². The van der Waals surface area contributed by atoms with E-state index >= 15 is 0 Å². The molecule has 0 amide bonds. The lowest BCUT2D eigenvalue weighted by Crippen LogP contribution is -2.10. The molecule has 0 atom stereocenters. The third-order valence-electron chi connectivity index (χ3n) is 3.67. The molecule has 0 radical (unpaired) electrons. The maximum Gasteiger partial charge on any atom is 0.227 e. The van der Waals surface area contributed by atoms with Gasteiger partial charge in [0.05, 0.1) is 12.8 Å². The first-order chi connectivity index (χ1) is 11.3. The highest BCUT2D eigenvalue weighted by Gasteiger charge is 2.32. The van der Waals surface area contributed by atoms with E-state index in [9.17, 15) is 13.2 Å². The fourth-order valence-corrected chi connectivity index (χ4v) is 2.90. The molecule has 9 heteroatoms. The Hall–Kier alpha value is -2.42. The van der Waals surface area contributed by atoms with Crippen LogP contribution in [0.2, 0.25) is 0 Å². The summed E-state index contributed by atoms with van der Waals surface area (Å²) in [6, 6.07) is 1.17. The number of rotatable bonds is 5. The van der Waals surface area contributed by atoms with E-state index in [1.807, 2.05) is 0 Å². The summed E-state index contributed by atoms with van der Waals surface area (Å²) in [5.41, 5.74) is 1.17. The molecule has 126 valence electrons. The molecule has 0 saturated heterocycles. The fraction of sp³-hybridized carbons (Fsp3) is 0.400. The standard InChI is InChI=1S/C15H16N4O4S/c1-8(20)10-6-11(24(3,21)22)19-14(18-10)12-13(9-4-5-9)16-7-17-15(12)23-2/h6-7,9H,4-5H2,1-3H3. The molecule has 1 saturated carbocycles. The van der Waals surface area contributed by atoms with Gasteiger partial charge in [-0.1, -0.05) is 0 Å². The largest absolute Gasteiger partial charge is 0.480 e. The van der Waals surface area contributed by atoms with Crippen LogP contribution in [0.5, 0.6) is 5.88 Å². The fourth-order valence-electron chi connectivity index (χ4n) is 2.32. The Balaban J connectivity index is 2.30. The van der Waals surface area contributed by atoms with Gasteiger partial charge in [-0.2, -0.15) is 0 Å². The molecular weight excluding hydrogens is 332 g/mol. The lowest BCUT2D eigenvalue weighted by molar-refractivity contribution is 0.101. The van der Waals surface area contributed by atoms with E-state index in [2.05, 4.69) is 19.9 Å². The van der Waals surface area contributed by atoms with Gasteiger partial charge in [0.1, 0.15) is 17.6 Å². The van der Waals surface area contributed by atoms with E-state index < -0.39 is 9.84 Å². The molecule has 1 fully saturated rings. The Morgan fingerprint density at radius 2 is 1.96 bits per heavy atom. The van der Waals surface area contributed by atoms with E-state index in [1.54, 1.807) is 0 Å². The molecule has 0 aliphatic heterocycles. The average molecular weight is 348 g/mol. The first kappa shape index (κ1) is 16.4. The molecule has 8 nitrogen and oxygen atoms in total. The van der Waals surface area contributed by atoms with Gasteiger partial charge < -0.3 is 4.74 Å². The number of hydrogen-bond acceptors (Lipinski definition) is 8. The van der Waals surface area contributed by atoms with Crippen molar-refractivity contribution in [3.8, 4) is 17.3 Å². The van der Waals surface area contributed by atoms with Crippen molar-refractivity contribution in [2.24, 2.45) is 0 Å². The lowest BCUT2D eigenvalue weighted by Gasteiger charge is -2.12. The molecule has 24 heavy (non-hydrogen) atoms. The third-order valence-corrected chi connectivity index (χ3v) is 4.64. The van der Waals surface area contributed by atoms with Crippen molar-refractivity contribution in [2.75, 3.05) is 13.4 Å². The van der Waals surface area contributed by atoms with Gasteiger partial charge >= 0.3 is 0 Å². The molecule has 0 unspecified atom stereocenters. The topological polar surface area (TPSA) is 112 Å². The van der Waals surface area contributed by atoms with Crippen LogP contribution in [-0.2, 0) is 9.84 Å². The minimum absolute atomic E-state index is 0.0214. The zero-order valence-corrected chi connectivity index (χ0v) is 14.3. The zero-order chi connectivity index (χ0) is 17.5. The molecule has 2 aromatic heterocycles. The molecule has 1 aliphatic carbocycles. The SMILES string of the molecule is COc1ncnc(C2CC2)c1-c1nc(C(C)=O)cc(S(C)(=O)=O)n1. The van der Waals surface area contributed by atoms with Crippen molar-refractivity contribution < 1.29 is 17.9 Å². The zero-order valence-electron chi connectivity index (χ0n) is 13.5. The van der Waals surface area contributed by atoms with Crippen LogP contribution >= 0.6 is 0 Å². The minimum atomic E-state index is -3.61. The number of Topliss-reactive ketones (excluding diaryl/α,β-unsaturated/α-hetero) is 1. The Bertz CT molecular complexity index is 923. The summed E-state index contributed by atoms with van der Waals surface area (Å²) in [5, 5.41) is -0.217. The summed E-state index contributed by atoms with van der Waals surface area (Å²) in [5.74, 6) is 0.227. The third kappa shape index (κ3) is 3.12. The van der Waals surface area contributed by atoms with Gasteiger partial charge in [-0.05, 0) is 12.8 Å². The van der Waals surface area contributed by atoms with Gasteiger partial charge in [0, 0.05) is 25.2 Å². The Morgan fingerprint density at radius 3 is 2.50 bits per heavy atom. The van der Waals surface area contributed by atoms with Crippen LogP contribution in [0.3, 0.4) is 0 Å². The second kappa shape index (κ2) is 5.90. The van der Waals surface area contributed by atoms with E-state index in [-0.39, 0.29) is 34.1 Å². The maximum absolute atomic E-state index is 11.9. The molecule has 0 bridgehead atoms. The quantitative estimate of drug-likeness (QED) is 0.589. The maximum atomic E-state index is 11.9. The summed E-state index contributed by atoms with van der Waals surface area (Å²) in [4.78, 5) is 28.4. The van der Waals surface area contributed by atoms with Gasteiger partial charge in [-0.25, -0.2) is 28.4 Å². The number of carbonyl (C=O) groups is 1. The molecule has 1 aliphatic rings. The summed E-state index contributed by atoms with van der Waals surface area (Å²) >= 11 is 0. The molecule has 0 spiro atoms. The first-order valence-corrected chi connectivity index (χ1v) is 9.19. The molecule has 3 rings (SSSR count). The van der Waals surface area contributed by atoms with E-state index in [1.165, 1.54) is 26.4 Å². The highest BCUT2D eigenvalue weighted by molar-refractivity contribution is 7.90. The predicted octanol–water partition coefficient (Wildman–Crippen LogP) is 1.43. The highest BCUT2D eigenvalue weighted by atomic mass is 32.2. The lowest BCUT2D eigenvalue weighted by atomic mass is 10.1. The van der Waals surface area contributed by atoms with Crippen molar-refractivity contribution in [1.29, 1.82) is 0 Å². The van der Waals surface area contributed by atoms with Crippen LogP contribution in [0.15, 0.2) is 17.4 Å². The van der Waals surface area contributed by atoms with Gasteiger partial charge in [0.25, 0.3) is 0 Å². The number of ether oxygens (including phenoxy) is 1. The summed E-state index contributed by atoms with van der Waals surface area (Å²) < 4.78 is 29.1. The normalized spacial score (nSPS) is 14.5. The number of methoxy groups -OCH3 is 1.